The zero-order chi connectivity index (χ0) is 18.2. The quantitative estimate of drug-likeness (QED) is 0.655. The largest absolute Gasteiger partial charge is 0.385 e. The second-order valence-corrected chi connectivity index (χ2v) is 6.41. The van der Waals surface area contributed by atoms with Crippen molar-refractivity contribution >= 4 is 46.2 Å². The van der Waals surface area contributed by atoms with Crippen LogP contribution >= 0.6 is 23.2 Å². The number of halogens is 2. The molecule has 0 saturated heterocycles. The van der Waals surface area contributed by atoms with Gasteiger partial charge in [-0.3, -0.25) is 4.79 Å². The summed E-state index contributed by atoms with van der Waals surface area (Å²) in [5.41, 5.74) is 2.76. The van der Waals surface area contributed by atoms with Crippen LogP contribution in [0.1, 0.15) is 20.3 Å². The van der Waals surface area contributed by atoms with E-state index in [-0.39, 0.29) is 5.91 Å². The van der Waals surface area contributed by atoms with Gasteiger partial charge in [-0.05, 0) is 56.3 Å². The summed E-state index contributed by atoms with van der Waals surface area (Å²) >= 11 is 11.9. The number of rotatable bonds is 8. The highest BCUT2D eigenvalue weighted by molar-refractivity contribution is 6.36. The predicted octanol–water partition coefficient (Wildman–Crippen LogP) is 5.28. The fourth-order valence-electron chi connectivity index (χ4n) is 2.50. The van der Waals surface area contributed by atoms with Gasteiger partial charge >= 0.3 is 0 Å². The molecule has 0 aliphatic carbocycles. The van der Waals surface area contributed by atoms with Crippen molar-refractivity contribution in [3.63, 3.8) is 0 Å². The lowest BCUT2D eigenvalue weighted by molar-refractivity contribution is -0.115. The van der Waals surface area contributed by atoms with Crippen molar-refractivity contribution in [2.45, 2.75) is 20.3 Å². The van der Waals surface area contributed by atoms with Crippen molar-refractivity contribution in [1.29, 1.82) is 0 Å². The number of carbonyl (C=O) groups is 1. The zero-order valence-electron chi connectivity index (χ0n) is 14.5. The second kappa shape index (κ2) is 9.54. The van der Waals surface area contributed by atoms with Crippen molar-refractivity contribution in [1.82, 2.24) is 0 Å². The molecule has 2 aromatic rings. The van der Waals surface area contributed by atoms with E-state index in [0.717, 1.165) is 18.8 Å². The number of nitrogens with one attached hydrogen (secondary N) is 2. The Morgan fingerprint density at radius 2 is 1.72 bits per heavy atom. The van der Waals surface area contributed by atoms with E-state index in [1.165, 1.54) is 5.69 Å². The number of hydrogen-bond donors (Lipinski definition) is 2. The Balaban J connectivity index is 1.81. The van der Waals surface area contributed by atoms with Crippen molar-refractivity contribution in [2.24, 2.45) is 0 Å². The summed E-state index contributed by atoms with van der Waals surface area (Å²) in [6.45, 7) is 6.79. The summed E-state index contributed by atoms with van der Waals surface area (Å²) < 4.78 is 0. The smallest absolute Gasteiger partial charge is 0.226 e. The van der Waals surface area contributed by atoms with Gasteiger partial charge in [0, 0.05) is 42.5 Å². The number of carbonyl (C=O) groups excluding carboxylic acids is 1. The molecular formula is C19H23Cl2N3O. The first-order valence-corrected chi connectivity index (χ1v) is 9.12. The maximum atomic E-state index is 12.0. The van der Waals surface area contributed by atoms with Crippen LogP contribution in [0.5, 0.6) is 0 Å². The number of amides is 1. The third-order valence-corrected chi connectivity index (χ3v) is 4.43. The van der Waals surface area contributed by atoms with E-state index < -0.39 is 0 Å². The normalized spacial score (nSPS) is 10.4. The minimum absolute atomic E-state index is 0.100. The molecule has 0 aliphatic heterocycles. The van der Waals surface area contributed by atoms with Crippen LogP contribution in [0.3, 0.4) is 0 Å². The summed E-state index contributed by atoms with van der Waals surface area (Å²) in [6.07, 6.45) is 0.344. The van der Waals surface area contributed by atoms with E-state index in [4.69, 9.17) is 23.2 Å². The van der Waals surface area contributed by atoms with Crippen molar-refractivity contribution in [3.8, 4) is 0 Å². The first-order chi connectivity index (χ1) is 12.0. The van der Waals surface area contributed by atoms with Gasteiger partial charge in [0.05, 0.1) is 10.7 Å². The van der Waals surface area contributed by atoms with Crippen LogP contribution in [-0.2, 0) is 4.79 Å². The molecule has 6 heteroatoms. The lowest BCUT2D eigenvalue weighted by atomic mass is 10.2. The first-order valence-electron chi connectivity index (χ1n) is 8.37. The lowest BCUT2D eigenvalue weighted by Crippen LogP contribution is -2.21. The topological polar surface area (TPSA) is 44.4 Å². The molecule has 0 saturated carbocycles. The minimum atomic E-state index is -0.100. The summed E-state index contributed by atoms with van der Waals surface area (Å²) in [4.78, 5) is 14.3. The van der Waals surface area contributed by atoms with Gasteiger partial charge in [-0.2, -0.15) is 0 Å². The SMILES string of the molecule is CCN(CC)c1ccc(NCCC(=O)Nc2ccc(Cl)cc2Cl)cc1. The molecule has 0 aliphatic rings. The molecule has 0 aromatic heterocycles. The van der Waals surface area contributed by atoms with Gasteiger partial charge in [-0.15, -0.1) is 0 Å². The molecule has 0 spiro atoms. The van der Waals surface area contributed by atoms with Crippen LogP contribution in [-0.4, -0.2) is 25.5 Å². The molecule has 0 unspecified atom stereocenters. The van der Waals surface area contributed by atoms with E-state index in [2.05, 4.69) is 41.5 Å². The van der Waals surface area contributed by atoms with E-state index in [1.54, 1.807) is 18.2 Å². The molecule has 0 fully saturated rings. The van der Waals surface area contributed by atoms with Gasteiger partial charge in [0.15, 0.2) is 0 Å². The molecule has 0 radical (unpaired) electrons. The van der Waals surface area contributed by atoms with Crippen LogP contribution in [0.4, 0.5) is 17.1 Å². The van der Waals surface area contributed by atoms with E-state index in [1.807, 2.05) is 12.1 Å². The van der Waals surface area contributed by atoms with E-state index >= 15 is 0 Å². The molecule has 4 nitrogen and oxygen atoms in total. The molecule has 134 valence electrons. The van der Waals surface area contributed by atoms with Crippen molar-refractivity contribution in [2.75, 3.05) is 35.2 Å². The van der Waals surface area contributed by atoms with Crippen molar-refractivity contribution < 1.29 is 4.79 Å². The van der Waals surface area contributed by atoms with Gasteiger partial charge in [0.25, 0.3) is 0 Å². The third-order valence-electron chi connectivity index (χ3n) is 3.88. The molecular weight excluding hydrogens is 357 g/mol. The van der Waals surface area contributed by atoms with Gasteiger partial charge in [0.2, 0.25) is 5.91 Å². The van der Waals surface area contributed by atoms with Gasteiger partial charge in [0.1, 0.15) is 0 Å². The second-order valence-electron chi connectivity index (χ2n) is 5.57. The lowest BCUT2D eigenvalue weighted by Gasteiger charge is -2.21. The fourth-order valence-corrected chi connectivity index (χ4v) is 2.96. The fraction of sp³-hybridized carbons (Fsp3) is 0.316. The monoisotopic (exact) mass is 379 g/mol. The van der Waals surface area contributed by atoms with Gasteiger partial charge in [-0.25, -0.2) is 0 Å². The standard InChI is InChI=1S/C19H23Cl2N3O/c1-3-24(4-2)16-8-6-15(7-9-16)22-12-11-19(25)23-18-10-5-14(20)13-17(18)21/h5-10,13,22H,3-4,11-12H2,1-2H3,(H,23,25). The molecule has 1 amide bonds. The maximum Gasteiger partial charge on any atom is 0.226 e. The first kappa shape index (κ1) is 19.4. The average Bonchev–Trinajstić information content (AvgIpc) is 2.60. The summed E-state index contributed by atoms with van der Waals surface area (Å²) in [6, 6.07) is 13.2. The van der Waals surface area contributed by atoms with Crippen LogP contribution in [0.2, 0.25) is 10.0 Å². The number of benzene rings is 2. The summed E-state index contributed by atoms with van der Waals surface area (Å²) in [5, 5.41) is 7.01. The highest BCUT2D eigenvalue weighted by atomic mass is 35.5. The maximum absolute atomic E-state index is 12.0. The van der Waals surface area contributed by atoms with E-state index in [0.29, 0.717) is 28.7 Å². The molecule has 0 bridgehead atoms. The molecule has 0 atom stereocenters. The molecule has 0 heterocycles. The highest BCUT2D eigenvalue weighted by Crippen LogP contribution is 2.25. The summed E-state index contributed by atoms with van der Waals surface area (Å²) in [5.74, 6) is -0.100. The molecule has 2 aromatic carbocycles. The number of hydrogen-bond acceptors (Lipinski definition) is 3. The molecule has 2 rings (SSSR count). The third kappa shape index (κ3) is 5.83. The van der Waals surface area contributed by atoms with E-state index in [9.17, 15) is 4.79 Å². The Morgan fingerprint density at radius 1 is 1.04 bits per heavy atom. The van der Waals surface area contributed by atoms with Crippen LogP contribution < -0.4 is 15.5 Å². The Labute approximate surface area is 159 Å². The number of nitrogens with zero attached hydrogens (tertiary/aromatic N) is 1. The van der Waals surface area contributed by atoms with Crippen LogP contribution in [0, 0.1) is 0 Å². The zero-order valence-corrected chi connectivity index (χ0v) is 16.0. The Hall–Kier alpha value is -1.91. The van der Waals surface area contributed by atoms with Crippen molar-refractivity contribution in [3.05, 3.63) is 52.5 Å². The average molecular weight is 380 g/mol. The molecule has 2 N–H and O–H groups in total. The Morgan fingerprint density at radius 3 is 2.32 bits per heavy atom. The summed E-state index contributed by atoms with van der Waals surface area (Å²) in [7, 11) is 0. The molecule has 25 heavy (non-hydrogen) atoms. The van der Waals surface area contributed by atoms with Gasteiger partial charge < -0.3 is 15.5 Å². The minimum Gasteiger partial charge on any atom is -0.385 e. The van der Waals surface area contributed by atoms with Gasteiger partial charge in [-0.1, -0.05) is 23.2 Å². The van der Waals surface area contributed by atoms with Crippen LogP contribution in [0.15, 0.2) is 42.5 Å². The predicted molar refractivity (Wildman–Crippen MR) is 108 cm³/mol. The Kier molecular flexibility index (Phi) is 7.41. The van der Waals surface area contributed by atoms with Crippen LogP contribution in [0.25, 0.3) is 0 Å². The highest BCUT2D eigenvalue weighted by Gasteiger charge is 2.06. The Bertz CT molecular complexity index is 700. The number of anilines is 3.